The summed E-state index contributed by atoms with van der Waals surface area (Å²) in [5.41, 5.74) is 9.63. The third-order valence-corrected chi connectivity index (χ3v) is 3.15. The molecular weight excluding hydrogens is 234 g/mol. The van der Waals surface area contributed by atoms with E-state index in [9.17, 15) is 16.8 Å². The highest BCUT2D eigenvalue weighted by Crippen LogP contribution is 1.97. The molecule has 0 aromatic carbocycles. The second kappa shape index (κ2) is 4.57. The van der Waals surface area contributed by atoms with E-state index in [2.05, 4.69) is 4.40 Å². The van der Waals surface area contributed by atoms with Gasteiger partial charge in [-0.2, -0.15) is 8.42 Å². The van der Waals surface area contributed by atoms with Gasteiger partial charge in [0, 0.05) is 0 Å². The van der Waals surface area contributed by atoms with Gasteiger partial charge in [-0.25, -0.2) is 8.42 Å². The lowest BCUT2D eigenvalue weighted by atomic mass is 10.6. The Hall–Kier alpha value is -0.870. The van der Waals surface area contributed by atoms with Gasteiger partial charge in [0.25, 0.3) is 20.1 Å². The van der Waals surface area contributed by atoms with E-state index < -0.39 is 37.6 Å². The van der Waals surface area contributed by atoms with Crippen molar-refractivity contribution in [3.8, 4) is 0 Å². The van der Waals surface area contributed by atoms with Crippen LogP contribution in [0.1, 0.15) is 6.42 Å². The number of nitrogens with zero attached hydrogens (tertiary/aromatic N) is 1. The molecule has 0 aliphatic rings. The first-order valence-electron chi connectivity index (χ1n) is 3.41. The Balaban J connectivity index is 4.23. The third-order valence-electron chi connectivity index (χ3n) is 1.05. The van der Waals surface area contributed by atoms with Gasteiger partial charge < -0.3 is 11.5 Å². The van der Waals surface area contributed by atoms with Crippen LogP contribution in [0.25, 0.3) is 0 Å². The normalized spacial score (nSPS) is 12.4. The second-order valence-electron chi connectivity index (χ2n) is 2.44. The van der Waals surface area contributed by atoms with Crippen molar-refractivity contribution in [3.63, 3.8) is 0 Å². The summed E-state index contributed by atoms with van der Waals surface area (Å²) in [7, 11) is -7.99. The van der Waals surface area contributed by atoms with Crippen LogP contribution in [0.15, 0.2) is 4.40 Å². The summed E-state index contributed by atoms with van der Waals surface area (Å²) < 4.78 is 53.4. The van der Waals surface area contributed by atoms with Crippen LogP contribution >= 0.6 is 0 Å². The van der Waals surface area contributed by atoms with E-state index in [-0.39, 0.29) is 6.42 Å². The molecule has 0 bridgehead atoms. The van der Waals surface area contributed by atoms with E-state index in [1.165, 1.54) is 0 Å². The third kappa shape index (κ3) is 7.76. The summed E-state index contributed by atoms with van der Waals surface area (Å²) in [6.45, 7) is 0. The molecule has 0 aliphatic heterocycles. The maximum absolute atomic E-state index is 10.9. The molecule has 14 heavy (non-hydrogen) atoms. The molecule has 10 heteroatoms. The van der Waals surface area contributed by atoms with Crippen LogP contribution in [0, 0.1) is 0 Å². The summed E-state index contributed by atoms with van der Waals surface area (Å²) in [4.78, 5) is 0. The van der Waals surface area contributed by atoms with Crippen LogP contribution in [0.3, 0.4) is 0 Å². The molecule has 5 N–H and O–H groups in total. The average Bonchev–Trinajstić information content (AvgIpc) is 1.78. The number of hydrogen-bond acceptors (Lipinski definition) is 4. The van der Waals surface area contributed by atoms with Gasteiger partial charge in [0.1, 0.15) is 0 Å². The molecule has 0 saturated carbocycles. The molecule has 0 radical (unpaired) electrons. The van der Waals surface area contributed by atoms with Crippen LogP contribution in [0.5, 0.6) is 0 Å². The highest BCUT2D eigenvalue weighted by atomic mass is 32.2. The molecular formula is C4H11N3O5S2. The molecule has 0 aliphatic carbocycles. The van der Waals surface area contributed by atoms with Crippen molar-refractivity contribution in [1.29, 1.82) is 0 Å². The summed E-state index contributed by atoms with van der Waals surface area (Å²) in [5, 5.41) is 0. The molecule has 0 spiro atoms. The van der Waals surface area contributed by atoms with Crippen molar-refractivity contribution in [2.75, 3.05) is 11.5 Å². The molecule has 0 fully saturated rings. The van der Waals surface area contributed by atoms with E-state index in [0.29, 0.717) is 0 Å². The predicted octanol–water partition coefficient (Wildman–Crippen LogP) is -2.13. The zero-order chi connectivity index (χ0) is 11.4. The molecule has 84 valence electrons. The minimum Gasteiger partial charge on any atom is -0.369 e. The molecule has 0 aromatic heterocycles. The van der Waals surface area contributed by atoms with Crippen molar-refractivity contribution in [1.82, 2.24) is 0 Å². The van der Waals surface area contributed by atoms with Gasteiger partial charge >= 0.3 is 0 Å². The lowest BCUT2D eigenvalue weighted by Gasteiger charge is -1.97. The Labute approximate surface area is 81.8 Å². The van der Waals surface area contributed by atoms with Crippen LogP contribution in [0.4, 0.5) is 0 Å². The zero-order valence-corrected chi connectivity index (χ0v) is 8.75. The predicted molar refractivity (Wildman–Crippen MR) is 50.6 cm³/mol. The average molecular weight is 245 g/mol. The van der Waals surface area contributed by atoms with Crippen molar-refractivity contribution < 1.29 is 21.4 Å². The van der Waals surface area contributed by atoms with Crippen molar-refractivity contribution in [2.24, 2.45) is 15.9 Å². The lowest BCUT2D eigenvalue weighted by Crippen LogP contribution is -2.25. The first-order chi connectivity index (χ1) is 6.12. The van der Waals surface area contributed by atoms with E-state index >= 15 is 0 Å². The fourth-order valence-corrected chi connectivity index (χ4v) is 2.24. The molecule has 0 heterocycles. The van der Waals surface area contributed by atoms with E-state index in [4.69, 9.17) is 16.0 Å². The SMILES string of the molecule is NC(N)=NS(=O)(=O)CCCS(=O)(=O)O. The maximum atomic E-state index is 10.9. The summed E-state index contributed by atoms with van der Waals surface area (Å²) >= 11 is 0. The standard InChI is InChI=1S/C4H11N3O5S2/c5-4(6)7-13(8,9)2-1-3-14(10,11)12/h1-3H2,(H4,5,6,7)(H,10,11,12). The van der Waals surface area contributed by atoms with Crippen molar-refractivity contribution in [3.05, 3.63) is 0 Å². The van der Waals surface area contributed by atoms with Crippen LogP contribution in [-0.2, 0) is 20.1 Å². The summed E-state index contributed by atoms with van der Waals surface area (Å²) in [5.74, 6) is -1.80. The van der Waals surface area contributed by atoms with Crippen LogP contribution in [-0.4, -0.2) is 38.9 Å². The number of sulfonamides is 1. The minimum absolute atomic E-state index is 0.266. The Morgan fingerprint density at radius 2 is 1.64 bits per heavy atom. The zero-order valence-electron chi connectivity index (χ0n) is 7.12. The van der Waals surface area contributed by atoms with Gasteiger partial charge in [0.2, 0.25) is 5.96 Å². The van der Waals surface area contributed by atoms with Gasteiger partial charge in [-0.1, -0.05) is 0 Å². The highest BCUT2D eigenvalue weighted by Gasteiger charge is 2.11. The van der Waals surface area contributed by atoms with Gasteiger partial charge in [0.05, 0.1) is 11.5 Å². The Bertz CT molecular complexity index is 404. The molecule has 0 rings (SSSR count). The van der Waals surface area contributed by atoms with E-state index in [1.807, 2.05) is 0 Å². The Morgan fingerprint density at radius 1 is 1.14 bits per heavy atom. The lowest BCUT2D eigenvalue weighted by molar-refractivity contribution is 0.482. The first-order valence-corrected chi connectivity index (χ1v) is 6.63. The Morgan fingerprint density at radius 3 is 2.00 bits per heavy atom. The number of rotatable bonds is 5. The quantitative estimate of drug-likeness (QED) is 0.284. The van der Waals surface area contributed by atoms with Gasteiger partial charge in [-0.15, -0.1) is 4.40 Å². The second-order valence-corrected chi connectivity index (χ2v) is 5.77. The van der Waals surface area contributed by atoms with Crippen LogP contribution < -0.4 is 11.5 Å². The monoisotopic (exact) mass is 245 g/mol. The van der Waals surface area contributed by atoms with E-state index in [0.717, 1.165) is 0 Å². The number of guanidine groups is 1. The number of nitrogens with two attached hydrogens (primary N) is 2. The molecule has 0 aromatic rings. The molecule has 0 atom stereocenters. The minimum atomic E-state index is -4.15. The maximum Gasteiger partial charge on any atom is 0.264 e. The molecule has 0 saturated heterocycles. The van der Waals surface area contributed by atoms with Gasteiger partial charge in [-0.3, -0.25) is 4.55 Å². The van der Waals surface area contributed by atoms with Crippen LogP contribution in [0.2, 0.25) is 0 Å². The topological polar surface area (TPSA) is 153 Å². The van der Waals surface area contributed by atoms with Gasteiger partial charge in [0.15, 0.2) is 0 Å². The Kier molecular flexibility index (Phi) is 4.29. The summed E-state index contributed by atoms with van der Waals surface area (Å²) in [6, 6.07) is 0. The first kappa shape index (κ1) is 13.1. The molecule has 8 nitrogen and oxygen atoms in total. The van der Waals surface area contributed by atoms with Gasteiger partial charge in [-0.05, 0) is 6.42 Å². The number of hydrogen-bond donors (Lipinski definition) is 3. The summed E-state index contributed by atoms with van der Waals surface area (Å²) in [6.07, 6.45) is -0.266. The highest BCUT2D eigenvalue weighted by molar-refractivity contribution is 7.90. The molecule has 0 unspecified atom stereocenters. The molecule has 0 amide bonds. The fourth-order valence-electron chi connectivity index (χ4n) is 0.630. The van der Waals surface area contributed by atoms with E-state index in [1.54, 1.807) is 0 Å². The smallest absolute Gasteiger partial charge is 0.264 e. The van der Waals surface area contributed by atoms with Crippen molar-refractivity contribution in [2.45, 2.75) is 6.42 Å². The fraction of sp³-hybridized carbons (Fsp3) is 0.750. The van der Waals surface area contributed by atoms with Crippen molar-refractivity contribution >= 4 is 26.1 Å². The largest absolute Gasteiger partial charge is 0.369 e.